The first-order valence-corrected chi connectivity index (χ1v) is 11.8. The molecule has 166 valence electrons. The lowest BCUT2D eigenvalue weighted by atomic mass is 9.98. The molecule has 0 fully saturated rings. The molecular formula is C28H18Br2N2O2. The van der Waals surface area contributed by atoms with Gasteiger partial charge in [0.25, 0.3) is 0 Å². The summed E-state index contributed by atoms with van der Waals surface area (Å²) in [5.74, 6) is -0.0451. The SMILES string of the molecule is N#Cc1ccc(C(=O)c2ccc(C#N)cc2)cc1.O=C(C1=CCC(Br)(Br)C=C1)c1ccccc1. The average Bonchev–Trinajstić information content (AvgIpc) is 2.89. The normalized spacial score (nSPS) is 13.4. The van der Waals surface area contributed by atoms with Crippen LogP contribution >= 0.6 is 31.9 Å². The Bertz CT molecular complexity index is 1270. The molecule has 3 aromatic carbocycles. The van der Waals surface area contributed by atoms with Crippen LogP contribution in [-0.4, -0.2) is 14.8 Å². The van der Waals surface area contributed by atoms with Gasteiger partial charge < -0.3 is 0 Å². The summed E-state index contributed by atoms with van der Waals surface area (Å²) in [4.78, 5) is 24.1. The maximum atomic E-state index is 12.1. The Labute approximate surface area is 215 Å². The second-order valence-electron chi connectivity index (χ2n) is 7.36. The predicted octanol–water partition coefficient (Wildman–Crippen LogP) is 6.90. The highest BCUT2D eigenvalue weighted by Gasteiger charge is 2.22. The molecule has 0 heterocycles. The Hall–Kier alpha value is -3.58. The molecule has 0 spiro atoms. The molecule has 0 atom stereocenters. The van der Waals surface area contributed by atoms with E-state index in [1.165, 1.54) is 0 Å². The van der Waals surface area contributed by atoms with Crippen molar-refractivity contribution in [2.24, 2.45) is 0 Å². The number of nitriles is 2. The third-order valence-electron chi connectivity index (χ3n) is 4.95. The molecule has 0 bridgehead atoms. The van der Waals surface area contributed by atoms with Crippen LogP contribution in [0.5, 0.6) is 0 Å². The lowest BCUT2D eigenvalue weighted by Gasteiger charge is -2.18. The molecule has 0 unspecified atom stereocenters. The van der Waals surface area contributed by atoms with Gasteiger partial charge in [0.15, 0.2) is 11.6 Å². The summed E-state index contributed by atoms with van der Waals surface area (Å²) >= 11 is 7.00. The second kappa shape index (κ2) is 11.5. The van der Waals surface area contributed by atoms with Gasteiger partial charge in [0, 0.05) is 22.3 Å². The van der Waals surface area contributed by atoms with Crippen LogP contribution in [0.3, 0.4) is 0 Å². The number of carbonyl (C=O) groups is 2. The van der Waals surface area contributed by atoms with E-state index in [1.807, 2.05) is 60.7 Å². The summed E-state index contributed by atoms with van der Waals surface area (Å²) in [6.07, 6.45) is 6.50. The number of hydrogen-bond donors (Lipinski definition) is 0. The largest absolute Gasteiger partial charge is 0.289 e. The topological polar surface area (TPSA) is 81.7 Å². The number of carbonyl (C=O) groups excluding carboxylic acids is 2. The lowest BCUT2D eigenvalue weighted by molar-refractivity contribution is 0.103. The molecule has 0 saturated heterocycles. The summed E-state index contributed by atoms with van der Waals surface area (Å²) in [5.41, 5.74) is 3.57. The Morgan fingerprint density at radius 3 is 1.59 bits per heavy atom. The van der Waals surface area contributed by atoms with Gasteiger partial charge in [-0.1, -0.05) is 80.4 Å². The minimum Gasteiger partial charge on any atom is -0.289 e. The highest BCUT2D eigenvalue weighted by Crippen LogP contribution is 2.36. The molecule has 6 heteroatoms. The Kier molecular flexibility index (Phi) is 8.49. The summed E-state index contributed by atoms with van der Waals surface area (Å²) in [6, 6.07) is 26.3. The van der Waals surface area contributed by atoms with Gasteiger partial charge in [-0.25, -0.2) is 0 Å². The van der Waals surface area contributed by atoms with Crippen molar-refractivity contribution in [2.75, 3.05) is 0 Å². The zero-order valence-electron chi connectivity index (χ0n) is 17.9. The van der Waals surface area contributed by atoms with Gasteiger partial charge >= 0.3 is 0 Å². The van der Waals surface area contributed by atoms with E-state index in [1.54, 1.807) is 48.5 Å². The van der Waals surface area contributed by atoms with Gasteiger partial charge in [0.1, 0.15) is 3.23 Å². The van der Waals surface area contributed by atoms with Crippen LogP contribution in [0.4, 0.5) is 0 Å². The van der Waals surface area contributed by atoms with E-state index in [4.69, 9.17) is 10.5 Å². The van der Waals surface area contributed by atoms with E-state index < -0.39 is 0 Å². The number of benzene rings is 3. The van der Waals surface area contributed by atoms with Gasteiger partial charge in [0.05, 0.1) is 23.3 Å². The maximum Gasteiger partial charge on any atom is 0.193 e. The minimum atomic E-state index is -0.194. The number of nitrogens with zero attached hydrogens (tertiary/aromatic N) is 2. The number of rotatable bonds is 4. The van der Waals surface area contributed by atoms with Crippen molar-refractivity contribution in [1.82, 2.24) is 0 Å². The van der Waals surface area contributed by atoms with Gasteiger partial charge in [-0.15, -0.1) is 0 Å². The summed E-state index contributed by atoms with van der Waals surface area (Å²) in [5, 5.41) is 17.4. The number of alkyl halides is 2. The number of Topliss-reactive ketones (excluding diaryl/α,β-unsaturated/α-hetero) is 1. The number of allylic oxidation sites excluding steroid dienone is 4. The lowest BCUT2D eigenvalue weighted by Crippen LogP contribution is -2.12. The standard InChI is InChI=1S/C15H8N2O.C13H10Br2O/c16-9-11-1-5-13(6-2-11)15(18)14-7-3-12(10-17)4-8-14;14-13(15)8-6-11(7-9-13)12(16)10-4-2-1-3-5-10/h1-8H;1-8H,9H2. The van der Waals surface area contributed by atoms with E-state index in [0.29, 0.717) is 22.3 Å². The Morgan fingerprint density at radius 2 is 1.18 bits per heavy atom. The quantitative estimate of drug-likeness (QED) is 0.251. The Balaban J connectivity index is 0.000000192. The third-order valence-corrected chi connectivity index (χ3v) is 6.13. The number of ketones is 2. The van der Waals surface area contributed by atoms with Gasteiger partial charge in [-0.2, -0.15) is 10.5 Å². The van der Waals surface area contributed by atoms with E-state index in [0.717, 1.165) is 17.6 Å². The van der Waals surface area contributed by atoms with Crippen molar-refractivity contribution in [3.8, 4) is 12.1 Å². The van der Waals surface area contributed by atoms with E-state index in [2.05, 4.69) is 31.9 Å². The molecule has 0 amide bonds. The van der Waals surface area contributed by atoms with Crippen LogP contribution in [0.2, 0.25) is 0 Å². The summed E-state index contributed by atoms with van der Waals surface area (Å²) < 4.78 is -0.194. The highest BCUT2D eigenvalue weighted by atomic mass is 79.9. The van der Waals surface area contributed by atoms with E-state index in [9.17, 15) is 9.59 Å². The second-order valence-corrected chi connectivity index (χ2v) is 11.3. The molecule has 0 aromatic heterocycles. The molecule has 0 N–H and O–H groups in total. The minimum absolute atomic E-state index is 0.0763. The molecular weight excluding hydrogens is 556 g/mol. The monoisotopic (exact) mass is 572 g/mol. The van der Waals surface area contributed by atoms with Crippen LogP contribution in [-0.2, 0) is 0 Å². The smallest absolute Gasteiger partial charge is 0.193 e. The van der Waals surface area contributed by atoms with Crippen molar-refractivity contribution < 1.29 is 9.59 Å². The summed E-state index contributed by atoms with van der Waals surface area (Å²) in [6.45, 7) is 0. The molecule has 4 nitrogen and oxygen atoms in total. The Morgan fingerprint density at radius 1 is 0.706 bits per heavy atom. The average molecular weight is 574 g/mol. The van der Waals surface area contributed by atoms with Crippen LogP contribution < -0.4 is 0 Å². The first-order chi connectivity index (χ1) is 16.3. The zero-order chi connectivity index (χ0) is 24.6. The van der Waals surface area contributed by atoms with E-state index in [-0.39, 0.29) is 14.8 Å². The molecule has 1 aliphatic carbocycles. The third kappa shape index (κ3) is 6.71. The maximum absolute atomic E-state index is 12.1. The molecule has 4 rings (SSSR count). The molecule has 0 saturated carbocycles. The van der Waals surface area contributed by atoms with Gasteiger partial charge in [0.2, 0.25) is 0 Å². The predicted molar refractivity (Wildman–Crippen MR) is 139 cm³/mol. The molecule has 3 aromatic rings. The highest BCUT2D eigenvalue weighted by molar-refractivity contribution is 9.25. The molecule has 0 radical (unpaired) electrons. The van der Waals surface area contributed by atoms with Crippen molar-refractivity contribution in [1.29, 1.82) is 10.5 Å². The van der Waals surface area contributed by atoms with Crippen LogP contribution in [0.25, 0.3) is 0 Å². The zero-order valence-corrected chi connectivity index (χ0v) is 21.1. The fourth-order valence-electron chi connectivity index (χ4n) is 3.08. The van der Waals surface area contributed by atoms with Crippen LogP contribution in [0.1, 0.15) is 43.8 Å². The van der Waals surface area contributed by atoms with Crippen LogP contribution in [0.15, 0.2) is 103 Å². The van der Waals surface area contributed by atoms with Crippen molar-refractivity contribution in [3.63, 3.8) is 0 Å². The summed E-state index contributed by atoms with van der Waals surface area (Å²) in [7, 11) is 0. The molecule has 1 aliphatic rings. The van der Waals surface area contributed by atoms with Crippen molar-refractivity contribution >= 4 is 43.4 Å². The molecule has 34 heavy (non-hydrogen) atoms. The first-order valence-electron chi connectivity index (χ1n) is 10.2. The fraction of sp³-hybridized carbons (Fsp3) is 0.0714. The molecule has 0 aliphatic heterocycles. The van der Waals surface area contributed by atoms with Crippen molar-refractivity contribution in [2.45, 2.75) is 9.65 Å². The van der Waals surface area contributed by atoms with Gasteiger partial charge in [-0.3, -0.25) is 9.59 Å². The van der Waals surface area contributed by atoms with Gasteiger partial charge in [-0.05, 0) is 55.0 Å². The van der Waals surface area contributed by atoms with Crippen LogP contribution in [0, 0.1) is 22.7 Å². The number of hydrogen-bond acceptors (Lipinski definition) is 4. The van der Waals surface area contributed by atoms with Crippen molar-refractivity contribution in [3.05, 3.63) is 130 Å². The van der Waals surface area contributed by atoms with E-state index >= 15 is 0 Å². The number of halogens is 2. The fourth-order valence-corrected chi connectivity index (χ4v) is 3.67. The first kappa shape index (κ1) is 25.1.